The molecular weight excluding hydrogens is 396 g/mol. The molecule has 2 aromatic rings. The smallest absolute Gasteiger partial charge is 0.407 e. The quantitative estimate of drug-likeness (QED) is 0.778. The Kier molecular flexibility index (Phi) is 5.42. The predicted octanol–water partition coefficient (Wildman–Crippen LogP) is 2.84. The molecule has 2 heterocycles. The summed E-state index contributed by atoms with van der Waals surface area (Å²) in [6.07, 6.45) is 0.942. The molecule has 170 valence electrons. The molecule has 31 heavy (non-hydrogen) atoms. The Hall–Kier alpha value is -2.32. The molecule has 1 amide bonds. The molecular formula is C23H34N4O4. The predicted molar refractivity (Wildman–Crippen MR) is 120 cm³/mol. The van der Waals surface area contributed by atoms with E-state index in [2.05, 4.69) is 36.7 Å². The summed E-state index contributed by atoms with van der Waals surface area (Å²) in [5, 5.41) is 9.62. The van der Waals surface area contributed by atoms with Crippen molar-refractivity contribution in [2.24, 2.45) is 12.5 Å². The van der Waals surface area contributed by atoms with Gasteiger partial charge in [-0.25, -0.2) is 9.59 Å². The molecule has 1 unspecified atom stereocenters. The highest BCUT2D eigenvalue weighted by molar-refractivity contribution is 5.79. The highest BCUT2D eigenvalue weighted by atomic mass is 16.5. The van der Waals surface area contributed by atoms with Crippen LogP contribution in [0.25, 0.3) is 11.0 Å². The minimum atomic E-state index is -0.838. The fourth-order valence-corrected chi connectivity index (χ4v) is 5.45. The summed E-state index contributed by atoms with van der Waals surface area (Å²) >= 11 is 0. The molecule has 1 aromatic carbocycles. The number of imidazole rings is 1. The number of nitrogens with zero attached hydrogens (tertiary/aromatic N) is 3. The first-order valence-corrected chi connectivity index (χ1v) is 11.0. The number of carboxylic acid groups (broad SMARTS) is 1. The topological polar surface area (TPSA) is 90.8 Å². The van der Waals surface area contributed by atoms with Crippen LogP contribution in [-0.2, 0) is 11.8 Å². The standard InChI is InChI=1S/C23H34N4O4/c1-22(2,3)18-13-26(9-10-27(18)21(29)30)14-23(31-5)11-15(12-23)16-7-6-8-17-19(16)25(4)20(28)24-17/h6-8,15,18H,9-14H2,1-5H3,(H,24,28)(H,29,30). The number of aryl methyl sites for hydroxylation is 1. The van der Waals surface area contributed by atoms with E-state index < -0.39 is 6.09 Å². The number of benzene rings is 1. The van der Waals surface area contributed by atoms with Crippen molar-refractivity contribution in [2.45, 2.75) is 51.2 Å². The van der Waals surface area contributed by atoms with Crippen LogP contribution in [0.5, 0.6) is 0 Å². The molecule has 4 rings (SSSR count). The maximum Gasteiger partial charge on any atom is 0.407 e. The lowest BCUT2D eigenvalue weighted by Gasteiger charge is -2.52. The number of amides is 1. The summed E-state index contributed by atoms with van der Waals surface area (Å²) in [7, 11) is 3.58. The van der Waals surface area contributed by atoms with Crippen LogP contribution in [0.1, 0.15) is 45.1 Å². The molecule has 2 N–H and O–H groups in total. The van der Waals surface area contributed by atoms with Crippen LogP contribution < -0.4 is 5.69 Å². The molecule has 8 nitrogen and oxygen atoms in total. The largest absolute Gasteiger partial charge is 0.465 e. The van der Waals surface area contributed by atoms with Gasteiger partial charge in [-0.05, 0) is 35.8 Å². The van der Waals surface area contributed by atoms with E-state index in [1.807, 2.05) is 19.2 Å². The van der Waals surface area contributed by atoms with Gasteiger partial charge in [0.2, 0.25) is 0 Å². The number of ether oxygens (including phenoxy) is 1. The number of hydrogen-bond donors (Lipinski definition) is 2. The van der Waals surface area contributed by atoms with Crippen molar-refractivity contribution in [3.63, 3.8) is 0 Å². The second-order valence-electron chi connectivity index (χ2n) is 10.3. The number of methoxy groups -OCH3 is 1. The fourth-order valence-electron chi connectivity index (χ4n) is 5.45. The Bertz CT molecular complexity index is 1030. The van der Waals surface area contributed by atoms with Gasteiger partial charge in [0.1, 0.15) is 0 Å². The maximum atomic E-state index is 12.1. The normalized spacial score (nSPS) is 27.5. The van der Waals surface area contributed by atoms with Gasteiger partial charge in [0.25, 0.3) is 0 Å². The Labute approximate surface area is 182 Å². The van der Waals surface area contributed by atoms with E-state index in [1.54, 1.807) is 16.6 Å². The lowest BCUT2D eigenvalue weighted by Crippen LogP contribution is -2.62. The van der Waals surface area contributed by atoms with E-state index in [0.717, 1.165) is 37.0 Å². The zero-order valence-electron chi connectivity index (χ0n) is 19.1. The van der Waals surface area contributed by atoms with Crippen LogP contribution in [0, 0.1) is 5.41 Å². The summed E-state index contributed by atoms with van der Waals surface area (Å²) in [6.45, 7) is 9.05. The van der Waals surface area contributed by atoms with E-state index >= 15 is 0 Å². The van der Waals surface area contributed by atoms with Crippen molar-refractivity contribution in [1.29, 1.82) is 0 Å². The number of para-hydroxylation sites is 1. The molecule has 0 radical (unpaired) electrons. The van der Waals surface area contributed by atoms with Gasteiger partial charge in [-0.1, -0.05) is 32.9 Å². The van der Waals surface area contributed by atoms with Crippen LogP contribution >= 0.6 is 0 Å². The van der Waals surface area contributed by atoms with Crippen LogP contribution in [0.15, 0.2) is 23.0 Å². The average Bonchev–Trinajstić information content (AvgIpc) is 2.97. The Morgan fingerprint density at radius 2 is 2.00 bits per heavy atom. The van der Waals surface area contributed by atoms with E-state index in [-0.39, 0.29) is 22.7 Å². The first-order chi connectivity index (χ1) is 14.5. The number of aromatic nitrogens is 2. The van der Waals surface area contributed by atoms with Crippen molar-refractivity contribution in [3.8, 4) is 0 Å². The number of piperazine rings is 1. The molecule has 1 atom stereocenters. The third kappa shape index (κ3) is 3.87. The summed E-state index contributed by atoms with van der Waals surface area (Å²) in [5.74, 6) is 0.337. The summed E-state index contributed by atoms with van der Waals surface area (Å²) in [4.78, 5) is 30.7. The third-order valence-corrected chi connectivity index (χ3v) is 7.28. The van der Waals surface area contributed by atoms with Crippen molar-refractivity contribution >= 4 is 17.1 Å². The van der Waals surface area contributed by atoms with Crippen LogP contribution in [-0.4, -0.2) is 75.5 Å². The molecule has 1 aliphatic carbocycles. The minimum Gasteiger partial charge on any atom is -0.465 e. The lowest BCUT2D eigenvalue weighted by molar-refractivity contribution is -0.112. The van der Waals surface area contributed by atoms with Crippen LogP contribution in [0.3, 0.4) is 0 Å². The fraction of sp³-hybridized carbons (Fsp3) is 0.652. The van der Waals surface area contributed by atoms with Crippen LogP contribution in [0.2, 0.25) is 0 Å². The van der Waals surface area contributed by atoms with Gasteiger partial charge in [-0.15, -0.1) is 0 Å². The number of rotatable bonds is 4. The minimum absolute atomic E-state index is 0.0494. The number of fused-ring (bicyclic) bond motifs is 1. The Morgan fingerprint density at radius 3 is 2.61 bits per heavy atom. The van der Waals surface area contributed by atoms with E-state index in [0.29, 0.717) is 19.0 Å². The van der Waals surface area contributed by atoms with E-state index in [9.17, 15) is 14.7 Å². The van der Waals surface area contributed by atoms with Gasteiger partial charge in [0, 0.05) is 40.3 Å². The second kappa shape index (κ2) is 7.67. The average molecular weight is 431 g/mol. The highest BCUT2D eigenvalue weighted by Gasteiger charge is 2.48. The number of H-pyrrole nitrogens is 1. The molecule has 1 aromatic heterocycles. The van der Waals surface area contributed by atoms with Gasteiger partial charge in [-0.3, -0.25) is 9.47 Å². The molecule has 8 heteroatoms. The molecule has 1 saturated carbocycles. The van der Waals surface area contributed by atoms with E-state index in [4.69, 9.17) is 4.74 Å². The molecule has 2 aliphatic rings. The van der Waals surface area contributed by atoms with Gasteiger partial charge < -0.3 is 19.7 Å². The number of nitrogens with one attached hydrogen (secondary N) is 1. The number of aromatic amines is 1. The summed E-state index contributed by atoms with van der Waals surface area (Å²) in [6, 6.07) is 6.00. The Balaban J connectivity index is 1.49. The van der Waals surface area contributed by atoms with Gasteiger partial charge in [0.15, 0.2) is 0 Å². The Morgan fingerprint density at radius 1 is 1.29 bits per heavy atom. The number of carbonyl (C=O) groups is 1. The van der Waals surface area contributed by atoms with E-state index in [1.165, 1.54) is 5.56 Å². The molecule has 2 fully saturated rings. The van der Waals surface area contributed by atoms with Gasteiger partial charge in [0.05, 0.1) is 22.7 Å². The molecule has 1 aliphatic heterocycles. The second-order valence-corrected chi connectivity index (χ2v) is 10.3. The van der Waals surface area contributed by atoms with Gasteiger partial charge in [-0.2, -0.15) is 0 Å². The summed E-state index contributed by atoms with van der Waals surface area (Å²) < 4.78 is 7.71. The zero-order valence-corrected chi connectivity index (χ0v) is 19.1. The maximum absolute atomic E-state index is 12.1. The third-order valence-electron chi connectivity index (χ3n) is 7.28. The zero-order chi connectivity index (χ0) is 22.6. The molecule has 0 bridgehead atoms. The highest BCUT2D eigenvalue weighted by Crippen LogP contribution is 2.49. The molecule has 1 saturated heterocycles. The van der Waals surface area contributed by atoms with Crippen molar-refractivity contribution in [1.82, 2.24) is 19.4 Å². The SMILES string of the molecule is COC1(CN2CCN(C(=O)O)C(C(C)(C)C)C2)CC(c2cccc3[nH]c(=O)n(C)c23)C1. The van der Waals surface area contributed by atoms with Crippen molar-refractivity contribution in [2.75, 3.05) is 33.3 Å². The summed E-state index contributed by atoms with van der Waals surface area (Å²) in [5.41, 5.74) is 2.57. The first kappa shape index (κ1) is 21.9. The number of hydrogen-bond acceptors (Lipinski definition) is 4. The van der Waals surface area contributed by atoms with Crippen LogP contribution in [0.4, 0.5) is 4.79 Å². The van der Waals surface area contributed by atoms with Gasteiger partial charge >= 0.3 is 11.8 Å². The molecule has 0 spiro atoms. The monoisotopic (exact) mass is 430 g/mol. The lowest BCUT2D eigenvalue weighted by atomic mass is 9.67. The van der Waals surface area contributed by atoms with Crippen molar-refractivity contribution < 1.29 is 14.6 Å². The van der Waals surface area contributed by atoms with Crippen molar-refractivity contribution in [3.05, 3.63) is 34.2 Å². The first-order valence-electron chi connectivity index (χ1n) is 11.0.